The Kier molecular flexibility index (Phi) is 4.55. The van der Waals surface area contributed by atoms with Crippen molar-refractivity contribution in [2.75, 3.05) is 0 Å². The molecule has 0 aromatic heterocycles. The number of allylic oxidation sites excluding steroid dienone is 2. The van der Waals surface area contributed by atoms with Crippen LogP contribution in [0, 0.1) is 11.8 Å². The molecule has 1 aliphatic rings. The summed E-state index contributed by atoms with van der Waals surface area (Å²) in [5, 5.41) is 0. The van der Waals surface area contributed by atoms with Crippen molar-refractivity contribution in [3.05, 3.63) is 11.6 Å². The summed E-state index contributed by atoms with van der Waals surface area (Å²) < 4.78 is 0. The molecule has 1 unspecified atom stereocenters. The van der Waals surface area contributed by atoms with Crippen LogP contribution in [-0.4, -0.2) is 0 Å². The van der Waals surface area contributed by atoms with E-state index in [9.17, 15) is 0 Å². The summed E-state index contributed by atoms with van der Waals surface area (Å²) in [5.74, 6) is 1.72. The molecule has 0 saturated carbocycles. The minimum absolute atomic E-state index is 0.850. The second kappa shape index (κ2) is 5.47. The standard InChI is InChI=1S/C13H24/c1-11(2)9-10-12(3)13-7-5-4-6-8-13/h7,11-12H,4-6,8-10H2,1-3H3. The molecule has 0 aromatic carbocycles. The Bertz CT molecular complexity index is 165. The van der Waals surface area contributed by atoms with Crippen molar-refractivity contribution in [1.82, 2.24) is 0 Å². The van der Waals surface area contributed by atoms with Crippen LogP contribution in [0.2, 0.25) is 0 Å². The molecule has 1 atom stereocenters. The average Bonchev–Trinajstić information content (AvgIpc) is 2.15. The van der Waals surface area contributed by atoms with Crippen LogP contribution in [0.5, 0.6) is 0 Å². The number of hydrogen-bond donors (Lipinski definition) is 0. The molecule has 0 aromatic rings. The molecule has 1 rings (SSSR count). The first kappa shape index (κ1) is 10.8. The SMILES string of the molecule is CC(C)CCC(C)C1=CCCCC1. The molecule has 0 heteroatoms. The van der Waals surface area contributed by atoms with Gasteiger partial charge in [-0.3, -0.25) is 0 Å². The minimum Gasteiger partial charge on any atom is -0.0851 e. The topological polar surface area (TPSA) is 0 Å². The Morgan fingerprint density at radius 2 is 1.92 bits per heavy atom. The third-order valence-electron chi connectivity index (χ3n) is 3.14. The molecule has 0 amide bonds. The van der Waals surface area contributed by atoms with Crippen molar-refractivity contribution in [3.8, 4) is 0 Å². The molecule has 0 aliphatic heterocycles. The maximum atomic E-state index is 2.49. The lowest BCUT2D eigenvalue weighted by Gasteiger charge is -2.20. The van der Waals surface area contributed by atoms with E-state index < -0.39 is 0 Å². The van der Waals surface area contributed by atoms with Crippen molar-refractivity contribution in [2.45, 2.75) is 59.3 Å². The molecular formula is C13H24. The van der Waals surface area contributed by atoms with E-state index in [1.165, 1.54) is 38.5 Å². The molecular weight excluding hydrogens is 156 g/mol. The monoisotopic (exact) mass is 180 g/mol. The molecule has 0 heterocycles. The lowest BCUT2D eigenvalue weighted by atomic mass is 9.86. The van der Waals surface area contributed by atoms with Gasteiger partial charge in [0.05, 0.1) is 0 Å². The van der Waals surface area contributed by atoms with Crippen LogP contribution in [-0.2, 0) is 0 Å². The summed E-state index contributed by atoms with van der Waals surface area (Å²) >= 11 is 0. The largest absolute Gasteiger partial charge is 0.0851 e. The van der Waals surface area contributed by atoms with Gasteiger partial charge in [-0.25, -0.2) is 0 Å². The van der Waals surface area contributed by atoms with Crippen molar-refractivity contribution < 1.29 is 0 Å². The van der Waals surface area contributed by atoms with Crippen LogP contribution in [0.15, 0.2) is 11.6 Å². The second-order valence-corrected chi connectivity index (χ2v) is 4.90. The van der Waals surface area contributed by atoms with Gasteiger partial charge in [0.25, 0.3) is 0 Å². The zero-order valence-electron chi connectivity index (χ0n) is 9.47. The molecule has 1 aliphatic carbocycles. The minimum atomic E-state index is 0.850. The summed E-state index contributed by atoms with van der Waals surface area (Å²) in [7, 11) is 0. The lowest BCUT2D eigenvalue weighted by molar-refractivity contribution is 0.471. The van der Waals surface area contributed by atoms with Crippen LogP contribution >= 0.6 is 0 Å². The fraction of sp³-hybridized carbons (Fsp3) is 0.846. The van der Waals surface area contributed by atoms with E-state index >= 15 is 0 Å². The van der Waals surface area contributed by atoms with Crippen LogP contribution in [0.3, 0.4) is 0 Å². The first-order chi connectivity index (χ1) is 6.20. The van der Waals surface area contributed by atoms with E-state index in [2.05, 4.69) is 26.8 Å². The van der Waals surface area contributed by atoms with Gasteiger partial charge >= 0.3 is 0 Å². The Labute approximate surface area is 83.4 Å². The van der Waals surface area contributed by atoms with E-state index in [0.29, 0.717) is 0 Å². The predicted molar refractivity (Wildman–Crippen MR) is 59.8 cm³/mol. The summed E-state index contributed by atoms with van der Waals surface area (Å²) in [6.45, 7) is 7.05. The first-order valence-corrected chi connectivity index (χ1v) is 5.89. The highest BCUT2D eigenvalue weighted by molar-refractivity contribution is 5.08. The molecule has 0 spiro atoms. The first-order valence-electron chi connectivity index (χ1n) is 5.89. The molecule has 13 heavy (non-hydrogen) atoms. The third kappa shape index (κ3) is 3.97. The number of rotatable bonds is 4. The fourth-order valence-electron chi connectivity index (χ4n) is 2.08. The van der Waals surface area contributed by atoms with Crippen LogP contribution in [0.25, 0.3) is 0 Å². The van der Waals surface area contributed by atoms with Gasteiger partial charge in [0.15, 0.2) is 0 Å². The van der Waals surface area contributed by atoms with E-state index in [-0.39, 0.29) is 0 Å². The molecule has 0 N–H and O–H groups in total. The molecule has 76 valence electrons. The average molecular weight is 180 g/mol. The summed E-state index contributed by atoms with van der Waals surface area (Å²) in [4.78, 5) is 0. The summed E-state index contributed by atoms with van der Waals surface area (Å²) in [5.41, 5.74) is 1.74. The quantitative estimate of drug-likeness (QED) is 0.556. The Hall–Kier alpha value is -0.260. The van der Waals surface area contributed by atoms with Gasteiger partial charge in [0.2, 0.25) is 0 Å². The van der Waals surface area contributed by atoms with Gasteiger partial charge in [0.1, 0.15) is 0 Å². The summed E-state index contributed by atoms with van der Waals surface area (Å²) in [6, 6.07) is 0. The van der Waals surface area contributed by atoms with E-state index in [4.69, 9.17) is 0 Å². The summed E-state index contributed by atoms with van der Waals surface area (Å²) in [6.07, 6.45) is 10.8. The Balaban J connectivity index is 2.29. The van der Waals surface area contributed by atoms with Crippen LogP contribution in [0.4, 0.5) is 0 Å². The Morgan fingerprint density at radius 1 is 1.15 bits per heavy atom. The fourth-order valence-corrected chi connectivity index (χ4v) is 2.08. The maximum absolute atomic E-state index is 2.49. The highest BCUT2D eigenvalue weighted by atomic mass is 14.2. The lowest BCUT2D eigenvalue weighted by Crippen LogP contribution is -2.04. The highest BCUT2D eigenvalue weighted by Gasteiger charge is 2.11. The molecule has 0 bridgehead atoms. The van der Waals surface area contributed by atoms with Crippen molar-refractivity contribution in [2.24, 2.45) is 11.8 Å². The van der Waals surface area contributed by atoms with Gasteiger partial charge in [-0.15, -0.1) is 0 Å². The van der Waals surface area contributed by atoms with Gasteiger partial charge in [-0.2, -0.15) is 0 Å². The highest BCUT2D eigenvalue weighted by Crippen LogP contribution is 2.27. The number of hydrogen-bond acceptors (Lipinski definition) is 0. The van der Waals surface area contributed by atoms with E-state index in [0.717, 1.165) is 11.8 Å². The van der Waals surface area contributed by atoms with Crippen LogP contribution < -0.4 is 0 Å². The maximum Gasteiger partial charge on any atom is -0.0232 e. The van der Waals surface area contributed by atoms with Crippen LogP contribution in [0.1, 0.15) is 59.3 Å². The van der Waals surface area contributed by atoms with Gasteiger partial charge in [-0.05, 0) is 43.9 Å². The second-order valence-electron chi connectivity index (χ2n) is 4.90. The van der Waals surface area contributed by atoms with Gasteiger partial charge in [0, 0.05) is 0 Å². The zero-order chi connectivity index (χ0) is 9.68. The third-order valence-corrected chi connectivity index (χ3v) is 3.14. The normalized spacial score (nSPS) is 20.2. The van der Waals surface area contributed by atoms with Crippen molar-refractivity contribution in [1.29, 1.82) is 0 Å². The van der Waals surface area contributed by atoms with Crippen molar-refractivity contribution >= 4 is 0 Å². The van der Waals surface area contributed by atoms with Crippen molar-refractivity contribution in [3.63, 3.8) is 0 Å². The molecule has 0 nitrogen and oxygen atoms in total. The smallest absolute Gasteiger partial charge is 0.0232 e. The molecule has 0 fully saturated rings. The Morgan fingerprint density at radius 3 is 2.46 bits per heavy atom. The predicted octanol–water partition coefficient (Wildman–Crippen LogP) is 4.56. The van der Waals surface area contributed by atoms with Gasteiger partial charge in [-0.1, -0.05) is 38.8 Å². The van der Waals surface area contributed by atoms with E-state index in [1.807, 2.05) is 0 Å². The van der Waals surface area contributed by atoms with Gasteiger partial charge < -0.3 is 0 Å². The zero-order valence-corrected chi connectivity index (χ0v) is 9.47. The molecule has 0 saturated heterocycles. The van der Waals surface area contributed by atoms with E-state index in [1.54, 1.807) is 5.57 Å². The molecule has 0 radical (unpaired) electrons.